The molecule has 3 saturated heterocycles. The van der Waals surface area contributed by atoms with Crippen LogP contribution in [0.2, 0.25) is 0 Å². The quantitative estimate of drug-likeness (QED) is 0.424. The smallest absolute Gasteiger partial charge is 0.429 e. The van der Waals surface area contributed by atoms with Gasteiger partial charge in [0.15, 0.2) is 6.10 Å². The number of carbonyl (C=O) groups excluding carboxylic acids is 2. The van der Waals surface area contributed by atoms with Crippen molar-refractivity contribution in [3.8, 4) is 0 Å². The van der Waals surface area contributed by atoms with Crippen molar-refractivity contribution < 1.29 is 23.5 Å². The van der Waals surface area contributed by atoms with Gasteiger partial charge in [0.1, 0.15) is 19.7 Å². The summed E-state index contributed by atoms with van der Waals surface area (Å²) in [6, 6.07) is 7.66. The van der Waals surface area contributed by atoms with Crippen LogP contribution in [0.4, 0.5) is 4.79 Å². The molecular weight excluding hydrogens is 370 g/mol. The summed E-state index contributed by atoms with van der Waals surface area (Å²) in [6.45, 7) is 3.45. The van der Waals surface area contributed by atoms with Crippen molar-refractivity contribution in [1.29, 1.82) is 0 Å². The molecule has 0 aliphatic carbocycles. The van der Waals surface area contributed by atoms with Gasteiger partial charge in [0.25, 0.3) is 0 Å². The zero-order valence-electron chi connectivity index (χ0n) is 14.5. The third-order valence-corrected chi connectivity index (χ3v) is 7.24. The lowest BCUT2D eigenvalue weighted by Crippen LogP contribution is -2.65. The maximum Gasteiger partial charge on any atom is 0.509 e. The average molecular weight is 393 g/mol. The highest BCUT2D eigenvalue weighted by atomic mass is 32.1. The third-order valence-electron chi connectivity index (χ3n) is 5.48. The number of ether oxygens (including phenoxy) is 2. The van der Waals surface area contributed by atoms with E-state index < -0.39 is 6.16 Å². The van der Waals surface area contributed by atoms with Gasteiger partial charge in [-0.1, -0.05) is 12.1 Å². The molecule has 7 heteroatoms. The van der Waals surface area contributed by atoms with E-state index in [1.54, 1.807) is 11.3 Å². The summed E-state index contributed by atoms with van der Waals surface area (Å²) < 4.78 is 11.6. The van der Waals surface area contributed by atoms with Crippen LogP contribution in [-0.4, -0.2) is 48.7 Å². The van der Waals surface area contributed by atoms with E-state index in [2.05, 4.69) is 0 Å². The van der Waals surface area contributed by atoms with Crippen molar-refractivity contribution in [2.75, 3.05) is 26.2 Å². The molecule has 3 fully saturated rings. The van der Waals surface area contributed by atoms with E-state index in [1.165, 1.54) is 11.3 Å². The number of hydrogen-bond donors (Lipinski definition) is 0. The standard InChI is InChI=1S/C19H22NO4S2/c21-16(18-4-2-10-26-18)11-20-7-5-14(6-8-20)17(12-20)24-19(22)23-13-15-3-1-9-25-15/h1-4,9-10,14,17H,5-8,11-13H2/q+1/t14?,17-,20?/m0/s1. The molecule has 5 heterocycles. The molecule has 0 amide bonds. The van der Waals surface area contributed by atoms with Crippen LogP contribution < -0.4 is 0 Å². The van der Waals surface area contributed by atoms with Crippen LogP contribution in [0.1, 0.15) is 27.4 Å². The molecule has 138 valence electrons. The maximum atomic E-state index is 12.6. The molecule has 0 N–H and O–H groups in total. The van der Waals surface area contributed by atoms with Crippen LogP contribution in [0.3, 0.4) is 0 Å². The Morgan fingerprint density at radius 2 is 1.88 bits per heavy atom. The number of rotatable bonds is 6. The first-order chi connectivity index (χ1) is 12.6. The molecule has 5 rings (SSSR count). The molecule has 3 aliphatic heterocycles. The monoisotopic (exact) mass is 392 g/mol. The fourth-order valence-corrected chi connectivity index (χ4v) is 5.35. The number of Topliss-reactive ketones (excluding diaryl/α,β-unsaturated/α-hetero) is 1. The van der Waals surface area contributed by atoms with Crippen molar-refractivity contribution >= 4 is 34.6 Å². The zero-order valence-corrected chi connectivity index (χ0v) is 16.1. The minimum atomic E-state index is -0.597. The van der Waals surface area contributed by atoms with Crippen molar-refractivity contribution in [2.24, 2.45) is 5.92 Å². The van der Waals surface area contributed by atoms with Gasteiger partial charge in [0.05, 0.1) is 18.0 Å². The average Bonchev–Trinajstić information content (AvgIpc) is 3.34. The van der Waals surface area contributed by atoms with Crippen LogP contribution in [0.5, 0.6) is 0 Å². The first-order valence-electron chi connectivity index (χ1n) is 8.91. The molecule has 2 bridgehead atoms. The highest BCUT2D eigenvalue weighted by Crippen LogP contribution is 2.36. The third kappa shape index (κ3) is 3.84. The van der Waals surface area contributed by atoms with Crippen molar-refractivity contribution in [3.05, 3.63) is 44.8 Å². The Labute approximate surface area is 160 Å². The van der Waals surface area contributed by atoms with Gasteiger partial charge in [-0.2, -0.15) is 0 Å². The van der Waals surface area contributed by atoms with Crippen LogP contribution in [-0.2, 0) is 16.1 Å². The zero-order chi connectivity index (χ0) is 18.0. The molecular formula is C19H22NO4S2+. The molecule has 0 unspecified atom stereocenters. The second-order valence-corrected chi connectivity index (χ2v) is 9.12. The lowest BCUT2D eigenvalue weighted by molar-refractivity contribution is -0.938. The summed E-state index contributed by atoms with van der Waals surface area (Å²) in [4.78, 5) is 26.5. The van der Waals surface area contributed by atoms with E-state index in [4.69, 9.17) is 9.47 Å². The van der Waals surface area contributed by atoms with Crippen molar-refractivity contribution in [3.63, 3.8) is 0 Å². The predicted molar refractivity (Wildman–Crippen MR) is 100 cm³/mol. The largest absolute Gasteiger partial charge is 0.509 e. The first kappa shape index (κ1) is 17.7. The number of piperidine rings is 3. The lowest BCUT2D eigenvalue weighted by Gasteiger charge is -2.51. The SMILES string of the molecule is O=C(OCc1cccs1)O[C@H]1C[N+]2(CC(=O)c3cccs3)CCC1CC2. The molecule has 1 atom stereocenters. The Morgan fingerprint density at radius 1 is 1.12 bits per heavy atom. The Kier molecular flexibility index (Phi) is 5.11. The van der Waals surface area contributed by atoms with E-state index in [-0.39, 0.29) is 18.5 Å². The minimum Gasteiger partial charge on any atom is -0.429 e. The van der Waals surface area contributed by atoms with Gasteiger partial charge in [0, 0.05) is 23.6 Å². The first-order valence-corrected chi connectivity index (χ1v) is 10.7. The normalized spacial score (nSPS) is 27.2. The summed E-state index contributed by atoms with van der Waals surface area (Å²) in [7, 11) is 0. The molecule has 2 aromatic rings. The molecule has 5 nitrogen and oxygen atoms in total. The summed E-state index contributed by atoms with van der Waals surface area (Å²) in [5.41, 5.74) is 0. The molecule has 0 saturated carbocycles. The molecule has 3 aliphatic rings. The second kappa shape index (κ2) is 7.50. The highest BCUT2D eigenvalue weighted by Gasteiger charge is 2.48. The number of hydrogen-bond acceptors (Lipinski definition) is 6. The second-order valence-electron chi connectivity index (χ2n) is 7.14. The van der Waals surface area contributed by atoms with E-state index >= 15 is 0 Å². The topological polar surface area (TPSA) is 52.6 Å². The minimum absolute atomic E-state index is 0.149. The fraction of sp³-hybridized carbons (Fsp3) is 0.474. The number of fused-ring (bicyclic) bond motifs is 3. The van der Waals surface area contributed by atoms with Crippen molar-refractivity contribution in [2.45, 2.75) is 25.6 Å². The number of carbonyl (C=O) groups is 2. The van der Waals surface area contributed by atoms with Gasteiger partial charge in [-0.15, -0.1) is 22.7 Å². The van der Waals surface area contributed by atoms with Crippen LogP contribution in [0.25, 0.3) is 0 Å². The van der Waals surface area contributed by atoms with Crippen LogP contribution in [0.15, 0.2) is 35.0 Å². The number of thiophene rings is 2. The lowest BCUT2D eigenvalue weighted by atomic mass is 9.83. The molecule has 0 aromatic carbocycles. The summed E-state index contributed by atoms with van der Waals surface area (Å²) in [6.07, 6.45) is 1.26. The van der Waals surface area contributed by atoms with Gasteiger partial charge in [-0.3, -0.25) is 4.79 Å². The molecule has 26 heavy (non-hydrogen) atoms. The van der Waals surface area contributed by atoms with E-state index in [9.17, 15) is 9.59 Å². The Morgan fingerprint density at radius 3 is 2.58 bits per heavy atom. The van der Waals surface area contributed by atoms with Crippen LogP contribution >= 0.6 is 22.7 Å². The Bertz CT molecular complexity index is 749. The molecule has 0 radical (unpaired) electrons. The number of quaternary nitrogens is 1. The predicted octanol–water partition coefficient (Wildman–Crippen LogP) is 3.95. The van der Waals surface area contributed by atoms with E-state index in [0.717, 1.165) is 46.7 Å². The maximum absolute atomic E-state index is 12.6. The Balaban J connectivity index is 1.34. The van der Waals surface area contributed by atoms with E-state index in [0.29, 0.717) is 12.5 Å². The van der Waals surface area contributed by atoms with Crippen molar-refractivity contribution in [1.82, 2.24) is 0 Å². The fourth-order valence-electron chi connectivity index (χ4n) is 4.08. The number of nitrogens with zero attached hydrogens (tertiary/aromatic N) is 1. The molecule has 0 spiro atoms. The van der Waals surface area contributed by atoms with Gasteiger partial charge in [-0.25, -0.2) is 4.79 Å². The summed E-state index contributed by atoms with van der Waals surface area (Å²) in [5, 5.41) is 3.89. The molecule has 2 aromatic heterocycles. The van der Waals surface area contributed by atoms with Gasteiger partial charge in [0.2, 0.25) is 5.78 Å². The highest BCUT2D eigenvalue weighted by molar-refractivity contribution is 7.12. The van der Waals surface area contributed by atoms with Crippen LogP contribution in [0, 0.1) is 5.92 Å². The summed E-state index contributed by atoms with van der Waals surface area (Å²) in [5.74, 6) is 0.584. The van der Waals surface area contributed by atoms with Gasteiger partial charge >= 0.3 is 6.16 Å². The number of ketones is 1. The van der Waals surface area contributed by atoms with Gasteiger partial charge in [-0.05, 0) is 22.9 Å². The van der Waals surface area contributed by atoms with Gasteiger partial charge < -0.3 is 14.0 Å². The summed E-state index contributed by atoms with van der Waals surface area (Å²) >= 11 is 3.05. The Hall–Kier alpha value is -1.70. The van der Waals surface area contributed by atoms with E-state index in [1.807, 2.05) is 35.0 Å².